The third kappa shape index (κ3) is 8.19. The maximum absolute atomic E-state index is 11.2. The lowest BCUT2D eigenvalue weighted by atomic mass is 10.2. The Labute approximate surface area is 88.3 Å². The molecule has 2 atom stereocenters. The Balaban J connectivity index is 3.41. The summed E-state index contributed by atoms with van der Waals surface area (Å²) in [6.45, 7) is 4.93. The molecule has 0 aliphatic heterocycles. The quantitative estimate of drug-likeness (QED) is 0.628. The fourth-order valence-electron chi connectivity index (χ4n) is 0.808. The van der Waals surface area contributed by atoms with E-state index in [-0.39, 0.29) is 5.91 Å². The van der Waals surface area contributed by atoms with Gasteiger partial charge in [-0.05, 0) is 13.3 Å². The van der Waals surface area contributed by atoms with Crippen LogP contribution in [0.25, 0.3) is 0 Å². The number of hydrogen-bond acceptors (Lipinski definition) is 3. The third-order valence-electron chi connectivity index (χ3n) is 1.94. The van der Waals surface area contributed by atoms with E-state index >= 15 is 0 Å². The van der Waals surface area contributed by atoms with E-state index in [1.165, 1.54) is 0 Å². The lowest BCUT2D eigenvalue weighted by molar-refractivity contribution is -0.120. The maximum Gasteiger partial charge on any atom is 0.233 e. The summed E-state index contributed by atoms with van der Waals surface area (Å²) in [4.78, 5) is 11.2. The summed E-state index contributed by atoms with van der Waals surface area (Å²) >= 11 is 0. The highest BCUT2D eigenvalue weighted by Gasteiger charge is 2.03. The van der Waals surface area contributed by atoms with Gasteiger partial charge < -0.3 is 10.6 Å². The van der Waals surface area contributed by atoms with Crippen molar-refractivity contribution in [3.8, 4) is 0 Å². The van der Waals surface area contributed by atoms with Crippen LogP contribution < -0.4 is 10.6 Å². The van der Waals surface area contributed by atoms with Crippen molar-refractivity contribution in [3.63, 3.8) is 0 Å². The minimum atomic E-state index is -0.831. The topological polar surface area (TPSA) is 58.2 Å². The summed E-state index contributed by atoms with van der Waals surface area (Å²) in [7, 11) is -0.831. The average Bonchev–Trinajstić information content (AvgIpc) is 2.13. The number of carbonyl (C=O) groups is 1. The van der Waals surface area contributed by atoms with Crippen molar-refractivity contribution in [2.45, 2.75) is 26.3 Å². The molecule has 0 spiro atoms. The standard InChI is InChI=1S/C9H20N2O2S/c1-4-8(2)11-7-9(12)10-5-6-14(3)13/h8,11H,4-7H2,1-3H3,(H,10,12). The minimum absolute atomic E-state index is 0.0317. The molecule has 0 saturated heterocycles. The highest BCUT2D eigenvalue weighted by Crippen LogP contribution is 1.85. The first-order valence-electron chi connectivity index (χ1n) is 4.86. The second kappa shape index (κ2) is 7.94. The first kappa shape index (κ1) is 13.6. The van der Waals surface area contributed by atoms with Crippen molar-refractivity contribution >= 4 is 16.7 Å². The number of rotatable bonds is 7. The zero-order valence-corrected chi connectivity index (χ0v) is 9.95. The lowest BCUT2D eigenvalue weighted by Gasteiger charge is -2.10. The smallest absolute Gasteiger partial charge is 0.233 e. The molecule has 0 radical (unpaired) electrons. The first-order valence-corrected chi connectivity index (χ1v) is 6.59. The molecule has 14 heavy (non-hydrogen) atoms. The van der Waals surface area contributed by atoms with Gasteiger partial charge in [-0.1, -0.05) is 6.92 Å². The molecule has 0 aliphatic carbocycles. The zero-order valence-electron chi connectivity index (χ0n) is 9.13. The molecule has 4 nitrogen and oxygen atoms in total. The van der Waals surface area contributed by atoms with E-state index < -0.39 is 10.8 Å². The molecule has 5 heteroatoms. The van der Waals surface area contributed by atoms with Crippen molar-refractivity contribution in [1.82, 2.24) is 10.6 Å². The first-order chi connectivity index (χ1) is 6.56. The molecule has 2 unspecified atom stereocenters. The summed E-state index contributed by atoms with van der Waals surface area (Å²) in [6, 6.07) is 0.362. The molecule has 0 fully saturated rings. The van der Waals surface area contributed by atoms with E-state index in [1.807, 2.05) is 6.92 Å². The van der Waals surface area contributed by atoms with Crippen molar-refractivity contribution in [1.29, 1.82) is 0 Å². The molecule has 0 aromatic carbocycles. The SMILES string of the molecule is CCC(C)NCC(=O)NCCS(C)=O. The van der Waals surface area contributed by atoms with Crippen LogP contribution in [-0.2, 0) is 15.6 Å². The molecule has 0 heterocycles. The Morgan fingerprint density at radius 1 is 1.50 bits per heavy atom. The summed E-state index contributed by atoms with van der Waals surface area (Å²) in [5.74, 6) is 0.491. The second-order valence-corrected chi connectivity index (χ2v) is 4.87. The van der Waals surface area contributed by atoms with Crippen molar-refractivity contribution in [2.24, 2.45) is 0 Å². The van der Waals surface area contributed by atoms with E-state index in [9.17, 15) is 9.00 Å². The van der Waals surface area contributed by atoms with Crippen LogP contribution in [0.2, 0.25) is 0 Å². The van der Waals surface area contributed by atoms with Crippen LogP contribution in [0.15, 0.2) is 0 Å². The molecular formula is C9H20N2O2S. The Morgan fingerprint density at radius 3 is 2.64 bits per heavy atom. The van der Waals surface area contributed by atoms with Gasteiger partial charge in [0.2, 0.25) is 5.91 Å². The number of carbonyl (C=O) groups excluding carboxylic acids is 1. The molecule has 0 aliphatic rings. The molecule has 0 aromatic rings. The van der Waals surface area contributed by atoms with Crippen LogP contribution in [-0.4, -0.2) is 41.3 Å². The Morgan fingerprint density at radius 2 is 2.14 bits per heavy atom. The predicted octanol–water partition coefficient (Wildman–Crippen LogP) is -0.131. The van der Waals surface area contributed by atoms with Crippen LogP contribution >= 0.6 is 0 Å². The van der Waals surface area contributed by atoms with Crippen molar-refractivity contribution in [3.05, 3.63) is 0 Å². The van der Waals surface area contributed by atoms with Gasteiger partial charge in [0.25, 0.3) is 0 Å². The van der Waals surface area contributed by atoms with Crippen molar-refractivity contribution < 1.29 is 9.00 Å². The Hall–Kier alpha value is -0.420. The summed E-state index contributed by atoms with van der Waals surface area (Å²) in [6.07, 6.45) is 2.63. The molecule has 0 saturated carbocycles. The number of hydrogen-bond donors (Lipinski definition) is 2. The molecule has 2 N–H and O–H groups in total. The highest BCUT2D eigenvalue weighted by molar-refractivity contribution is 7.84. The van der Waals surface area contributed by atoms with Crippen LogP contribution in [0.4, 0.5) is 0 Å². The molecule has 1 amide bonds. The molecular weight excluding hydrogens is 200 g/mol. The van der Waals surface area contributed by atoms with E-state index in [0.717, 1.165) is 6.42 Å². The van der Waals surface area contributed by atoms with Gasteiger partial charge in [0, 0.05) is 35.4 Å². The van der Waals surface area contributed by atoms with Gasteiger partial charge in [-0.2, -0.15) is 0 Å². The summed E-state index contributed by atoms with van der Waals surface area (Å²) < 4.78 is 10.7. The van der Waals surface area contributed by atoms with Gasteiger partial charge in [0.1, 0.15) is 0 Å². The van der Waals surface area contributed by atoms with Gasteiger partial charge >= 0.3 is 0 Å². The van der Waals surface area contributed by atoms with Crippen molar-refractivity contribution in [2.75, 3.05) is 25.1 Å². The predicted molar refractivity (Wildman–Crippen MR) is 59.7 cm³/mol. The maximum atomic E-state index is 11.2. The van der Waals surface area contributed by atoms with E-state index in [2.05, 4.69) is 17.6 Å². The van der Waals surface area contributed by atoms with E-state index in [4.69, 9.17) is 0 Å². The molecule has 0 aromatic heterocycles. The van der Waals surface area contributed by atoms with Gasteiger partial charge in [-0.15, -0.1) is 0 Å². The Kier molecular flexibility index (Phi) is 7.70. The second-order valence-electron chi connectivity index (χ2n) is 3.32. The third-order valence-corrected chi connectivity index (χ3v) is 2.71. The molecule has 0 bridgehead atoms. The fraction of sp³-hybridized carbons (Fsp3) is 0.889. The minimum Gasteiger partial charge on any atom is -0.354 e. The molecule has 0 rings (SSSR count). The molecule has 84 valence electrons. The van der Waals surface area contributed by atoms with E-state index in [1.54, 1.807) is 6.26 Å². The monoisotopic (exact) mass is 220 g/mol. The van der Waals surface area contributed by atoms with Crippen LogP contribution in [0.1, 0.15) is 20.3 Å². The highest BCUT2D eigenvalue weighted by atomic mass is 32.2. The van der Waals surface area contributed by atoms with Gasteiger partial charge in [0.05, 0.1) is 6.54 Å². The van der Waals surface area contributed by atoms with Crippen LogP contribution in [0.5, 0.6) is 0 Å². The Bertz CT molecular complexity index is 197. The van der Waals surface area contributed by atoms with Gasteiger partial charge in [-0.3, -0.25) is 9.00 Å². The van der Waals surface area contributed by atoms with Gasteiger partial charge in [0.15, 0.2) is 0 Å². The largest absolute Gasteiger partial charge is 0.354 e. The number of amides is 1. The summed E-state index contributed by atoms with van der Waals surface area (Å²) in [5, 5.41) is 5.78. The van der Waals surface area contributed by atoms with Gasteiger partial charge in [-0.25, -0.2) is 0 Å². The summed E-state index contributed by atoms with van der Waals surface area (Å²) in [5.41, 5.74) is 0. The normalized spacial score (nSPS) is 14.8. The fourth-order valence-corrected chi connectivity index (χ4v) is 1.20. The number of nitrogens with one attached hydrogen (secondary N) is 2. The van der Waals surface area contributed by atoms with Crippen LogP contribution in [0.3, 0.4) is 0 Å². The lowest BCUT2D eigenvalue weighted by Crippen LogP contribution is -2.39. The average molecular weight is 220 g/mol. The zero-order chi connectivity index (χ0) is 11.0. The van der Waals surface area contributed by atoms with Crippen LogP contribution in [0, 0.1) is 0 Å². The van der Waals surface area contributed by atoms with E-state index in [0.29, 0.717) is 24.9 Å².